The second-order valence-electron chi connectivity index (χ2n) is 7.86. The first kappa shape index (κ1) is 27.0. The first-order valence-corrected chi connectivity index (χ1v) is 11.0. The zero-order valence-corrected chi connectivity index (χ0v) is 21.1. The van der Waals surface area contributed by atoms with Crippen LogP contribution in [0.25, 0.3) is 0 Å². The van der Waals surface area contributed by atoms with Crippen molar-refractivity contribution in [2.75, 3.05) is 46.6 Å². The van der Waals surface area contributed by atoms with E-state index in [0.29, 0.717) is 5.92 Å². The van der Waals surface area contributed by atoms with Crippen LogP contribution in [0.3, 0.4) is 0 Å². The number of benzene rings is 1. The normalized spacial score (nSPS) is 17.0. The second-order valence-corrected chi connectivity index (χ2v) is 7.86. The van der Waals surface area contributed by atoms with E-state index in [1.54, 1.807) is 7.11 Å². The molecule has 0 aliphatic carbocycles. The average molecular weight is 533 g/mol. The number of aliphatic hydroxyl groups is 1. The molecule has 3 N–H and O–H groups in total. The van der Waals surface area contributed by atoms with E-state index in [0.717, 1.165) is 76.7 Å². The first-order valence-electron chi connectivity index (χ1n) is 11.0. The number of hydrogen-bond acceptors (Lipinski definition) is 4. The number of nitrogens with zero attached hydrogens (tertiary/aromatic N) is 1. The fraction of sp³-hybridized carbons (Fsp3) is 0.696. The Hall–Kier alpha value is -1.06. The van der Waals surface area contributed by atoms with E-state index in [2.05, 4.69) is 36.6 Å². The Morgan fingerprint density at radius 2 is 1.87 bits per heavy atom. The molecule has 172 valence electrons. The first-order chi connectivity index (χ1) is 14.2. The lowest BCUT2D eigenvalue weighted by Crippen LogP contribution is -2.42. The Labute approximate surface area is 199 Å². The average Bonchev–Trinajstić information content (AvgIpc) is 2.76. The number of nitrogens with one attached hydrogen (secondary N) is 2. The fourth-order valence-electron chi connectivity index (χ4n) is 4.00. The Balaban J connectivity index is 0.00000450. The molecule has 1 aliphatic heterocycles. The van der Waals surface area contributed by atoms with Gasteiger partial charge < -0.3 is 25.2 Å². The van der Waals surface area contributed by atoms with E-state index < -0.39 is 0 Å². The lowest BCUT2D eigenvalue weighted by atomic mass is 9.74. The molecule has 0 spiro atoms. The molecule has 1 heterocycles. The quantitative estimate of drug-likeness (QED) is 0.230. The molecule has 1 aliphatic rings. The van der Waals surface area contributed by atoms with E-state index in [1.165, 1.54) is 5.56 Å². The standard InChI is InChI=1S/C23H39N3O3.HI/c1-4-6-19(11-14-27)17-25-22(24-5-2)26-18-23(12-15-29-16-13-23)20-7-9-21(28-3)10-8-20;/h7-10,19,27H,4-6,11-18H2,1-3H3,(H2,24,25,26);1H. The highest BCUT2D eigenvalue weighted by Gasteiger charge is 2.34. The van der Waals surface area contributed by atoms with Gasteiger partial charge in [0.2, 0.25) is 0 Å². The van der Waals surface area contributed by atoms with Crippen LogP contribution in [0.5, 0.6) is 5.75 Å². The summed E-state index contributed by atoms with van der Waals surface area (Å²) in [6, 6.07) is 8.39. The van der Waals surface area contributed by atoms with Crippen LogP contribution in [0.2, 0.25) is 0 Å². The summed E-state index contributed by atoms with van der Waals surface area (Å²) in [6.07, 6.45) is 4.99. The van der Waals surface area contributed by atoms with Gasteiger partial charge in [0.05, 0.1) is 13.7 Å². The van der Waals surface area contributed by atoms with Gasteiger partial charge in [-0.1, -0.05) is 25.5 Å². The van der Waals surface area contributed by atoms with Crippen molar-refractivity contribution in [2.24, 2.45) is 10.9 Å². The summed E-state index contributed by atoms with van der Waals surface area (Å²) in [5.41, 5.74) is 1.28. The van der Waals surface area contributed by atoms with Crippen LogP contribution in [0, 0.1) is 5.92 Å². The number of halogens is 1. The molecular weight excluding hydrogens is 493 g/mol. The van der Waals surface area contributed by atoms with Gasteiger partial charge in [0.1, 0.15) is 5.75 Å². The molecule has 0 aromatic heterocycles. The molecule has 1 saturated heterocycles. The molecule has 7 heteroatoms. The Morgan fingerprint density at radius 3 is 2.43 bits per heavy atom. The van der Waals surface area contributed by atoms with Crippen LogP contribution in [0.15, 0.2) is 29.3 Å². The third-order valence-electron chi connectivity index (χ3n) is 5.83. The molecule has 30 heavy (non-hydrogen) atoms. The minimum Gasteiger partial charge on any atom is -0.497 e. The summed E-state index contributed by atoms with van der Waals surface area (Å²) in [5, 5.41) is 16.2. The minimum absolute atomic E-state index is 0. The van der Waals surface area contributed by atoms with Gasteiger partial charge in [-0.05, 0) is 56.2 Å². The van der Waals surface area contributed by atoms with E-state index in [1.807, 2.05) is 12.1 Å². The maximum atomic E-state index is 9.31. The second kappa shape index (κ2) is 14.9. The number of hydrogen-bond donors (Lipinski definition) is 3. The largest absolute Gasteiger partial charge is 0.497 e. The predicted molar refractivity (Wildman–Crippen MR) is 134 cm³/mol. The topological polar surface area (TPSA) is 75.1 Å². The molecule has 1 aromatic carbocycles. The van der Waals surface area contributed by atoms with Crippen molar-refractivity contribution in [2.45, 2.75) is 51.4 Å². The summed E-state index contributed by atoms with van der Waals surface area (Å²) in [6.45, 7) is 8.41. The number of ether oxygens (including phenoxy) is 2. The van der Waals surface area contributed by atoms with Crippen LogP contribution in [0.4, 0.5) is 0 Å². The Bertz CT molecular complexity index is 598. The van der Waals surface area contributed by atoms with Crippen LogP contribution in [0.1, 0.15) is 51.5 Å². The summed E-state index contributed by atoms with van der Waals surface area (Å²) in [5.74, 6) is 2.19. The molecule has 1 atom stereocenters. The Kier molecular flexibility index (Phi) is 13.4. The van der Waals surface area contributed by atoms with Crippen molar-refractivity contribution in [1.29, 1.82) is 0 Å². The lowest BCUT2D eigenvalue weighted by molar-refractivity contribution is 0.0531. The molecule has 0 radical (unpaired) electrons. The van der Waals surface area contributed by atoms with Crippen LogP contribution < -0.4 is 15.4 Å². The maximum absolute atomic E-state index is 9.31. The molecule has 0 bridgehead atoms. The van der Waals surface area contributed by atoms with Gasteiger partial charge in [0.15, 0.2) is 5.96 Å². The van der Waals surface area contributed by atoms with E-state index >= 15 is 0 Å². The van der Waals surface area contributed by atoms with Gasteiger partial charge in [0, 0.05) is 38.3 Å². The third kappa shape index (κ3) is 8.23. The molecule has 1 fully saturated rings. The lowest BCUT2D eigenvalue weighted by Gasteiger charge is -2.36. The van der Waals surface area contributed by atoms with Gasteiger partial charge in [0.25, 0.3) is 0 Å². The number of aliphatic imine (C=N–C) groups is 1. The van der Waals surface area contributed by atoms with E-state index in [9.17, 15) is 5.11 Å². The molecular formula is C23H40IN3O3. The smallest absolute Gasteiger partial charge is 0.191 e. The Morgan fingerprint density at radius 1 is 1.17 bits per heavy atom. The zero-order valence-electron chi connectivity index (χ0n) is 18.8. The summed E-state index contributed by atoms with van der Waals surface area (Å²) in [7, 11) is 1.69. The van der Waals surface area contributed by atoms with Crippen molar-refractivity contribution in [1.82, 2.24) is 10.6 Å². The van der Waals surface area contributed by atoms with Gasteiger partial charge in [-0.3, -0.25) is 4.99 Å². The van der Waals surface area contributed by atoms with Crippen molar-refractivity contribution >= 4 is 29.9 Å². The molecule has 6 nitrogen and oxygen atoms in total. The monoisotopic (exact) mass is 533 g/mol. The van der Waals surface area contributed by atoms with Crippen LogP contribution in [-0.4, -0.2) is 57.6 Å². The molecule has 1 aromatic rings. The van der Waals surface area contributed by atoms with Crippen LogP contribution in [-0.2, 0) is 10.2 Å². The van der Waals surface area contributed by atoms with E-state index in [-0.39, 0.29) is 36.0 Å². The summed E-state index contributed by atoms with van der Waals surface area (Å²) < 4.78 is 11.0. The van der Waals surface area contributed by atoms with Crippen molar-refractivity contribution in [3.05, 3.63) is 29.8 Å². The van der Waals surface area contributed by atoms with Crippen molar-refractivity contribution in [3.8, 4) is 5.75 Å². The molecule has 2 rings (SSSR count). The number of guanidine groups is 1. The molecule has 0 amide bonds. The zero-order chi connectivity index (χ0) is 21.0. The van der Waals surface area contributed by atoms with Gasteiger partial charge in [-0.2, -0.15) is 0 Å². The SMILES string of the molecule is CCCC(CCO)CNC(=NCC1(c2ccc(OC)cc2)CCOCC1)NCC.I. The summed E-state index contributed by atoms with van der Waals surface area (Å²) in [4.78, 5) is 4.97. The minimum atomic E-state index is -0.0131. The van der Waals surface area contributed by atoms with Gasteiger partial charge in [-0.25, -0.2) is 0 Å². The van der Waals surface area contributed by atoms with Gasteiger partial charge >= 0.3 is 0 Å². The van der Waals surface area contributed by atoms with Gasteiger partial charge in [-0.15, -0.1) is 24.0 Å². The highest BCUT2D eigenvalue weighted by Crippen LogP contribution is 2.36. The highest BCUT2D eigenvalue weighted by atomic mass is 127. The van der Waals surface area contributed by atoms with E-state index in [4.69, 9.17) is 14.5 Å². The third-order valence-corrected chi connectivity index (χ3v) is 5.83. The van der Waals surface area contributed by atoms with Crippen molar-refractivity contribution in [3.63, 3.8) is 0 Å². The molecule has 1 unspecified atom stereocenters. The summed E-state index contributed by atoms with van der Waals surface area (Å²) >= 11 is 0. The fourth-order valence-corrected chi connectivity index (χ4v) is 4.00. The number of methoxy groups -OCH3 is 1. The maximum Gasteiger partial charge on any atom is 0.191 e. The highest BCUT2D eigenvalue weighted by molar-refractivity contribution is 14.0. The van der Waals surface area contributed by atoms with Crippen LogP contribution >= 0.6 is 24.0 Å². The molecule has 0 saturated carbocycles. The number of rotatable bonds is 11. The van der Waals surface area contributed by atoms with Crippen molar-refractivity contribution < 1.29 is 14.6 Å². The number of aliphatic hydroxyl groups excluding tert-OH is 1. The predicted octanol–water partition coefficient (Wildman–Crippen LogP) is 3.72.